The number of Topliss-reactive ketones (excluding diaryl/α,β-unsaturated/α-hetero) is 1. The molecule has 0 amide bonds. The first-order valence-corrected chi connectivity index (χ1v) is 5.71. The fourth-order valence-electron chi connectivity index (χ4n) is 1.83. The highest BCUT2D eigenvalue weighted by molar-refractivity contribution is 5.83. The van der Waals surface area contributed by atoms with E-state index in [9.17, 15) is 4.79 Å². The van der Waals surface area contributed by atoms with Crippen LogP contribution in [0.2, 0.25) is 0 Å². The summed E-state index contributed by atoms with van der Waals surface area (Å²) in [6.07, 6.45) is 2.74. The van der Waals surface area contributed by atoms with Crippen molar-refractivity contribution in [1.29, 1.82) is 0 Å². The lowest BCUT2D eigenvalue weighted by atomic mass is 10.0. The zero-order chi connectivity index (χ0) is 12.1. The number of pyridine rings is 1. The molecular formula is C15H15NO. The lowest BCUT2D eigenvalue weighted by Gasteiger charge is -2.02. The summed E-state index contributed by atoms with van der Waals surface area (Å²) in [5.74, 6) is 0.238. The Morgan fingerprint density at radius 1 is 1.06 bits per heavy atom. The van der Waals surface area contributed by atoms with E-state index >= 15 is 0 Å². The second-order valence-electron chi connectivity index (χ2n) is 4.18. The highest BCUT2D eigenvalue weighted by atomic mass is 16.1. The maximum atomic E-state index is 11.9. The van der Waals surface area contributed by atoms with Gasteiger partial charge in [0.1, 0.15) is 5.78 Å². The minimum absolute atomic E-state index is 0.238. The molecule has 0 aliphatic carbocycles. The van der Waals surface area contributed by atoms with E-state index in [2.05, 4.69) is 4.98 Å². The van der Waals surface area contributed by atoms with Crippen LogP contribution >= 0.6 is 0 Å². The minimum Gasteiger partial charge on any atom is -0.299 e. The van der Waals surface area contributed by atoms with Crippen LogP contribution in [0.3, 0.4) is 0 Å². The van der Waals surface area contributed by atoms with Gasteiger partial charge < -0.3 is 0 Å². The molecule has 2 aromatic rings. The van der Waals surface area contributed by atoms with E-state index < -0.39 is 0 Å². The van der Waals surface area contributed by atoms with E-state index in [4.69, 9.17) is 0 Å². The zero-order valence-electron chi connectivity index (χ0n) is 9.89. The zero-order valence-corrected chi connectivity index (χ0v) is 9.89. The monoisotopic (exact) mass is 225 g/mol. The maximum Gasteiger partial charge on any atom is 0.141 e. The van der Waals surface area contributed by atoms with Crippen molar-refractivity contribution >= 4 is 5.78 Å². The maximum absolute atomic E-state index is 11.9. The van der Waals surface area contributed by atoms with Crippen LogP contribution in [0.25, 0.3) is 0 Å². The fourth-order valence-corrected chi connectivity index (χ4v) is 1.83. The van der Waals surface area contributed by atoms with Gasteiger partial charge in [-0.15, -0.1) is 0 Å². The van der Waals surface area contributed by atoms with E-state index in [0.29, 0.717) is 12.8 Å². The number of benzene rings is 1. The molecule has 86 valence electrons. The normalized spacial score (nSPS) is 10.2. The predicted molar refractivity (Wildman–Crippen MR) is 67.8 cm³/mol. The highest BCUT2D eigenvalue weighted by Gasteiger charge is 2.05. The molecule has 0 saturated carbocycles. The van der Waals surface area contributed by atoms with Crippen molar-refractivity contribution in [3.63, 3.8) is 0 Å². The standard InChI is InChI=1S/C15H15NO/c1-12-9-14(7-8-16-12)11-15(17)10-13-5-3-2-4-6-13/h2-9H,10-11H2,1H3. The molecule has 1 aromatic carbocycles. The Labute approximate surface area is 101 Å². The molecule has 0 unspecified atom stereocenters. The number of carbonyl (C=O) groups is 1. The molecular weight excluding hydrogens is 210 g/mol. The number of carbonyl (C=O) groups excluding carboxylic acids is 1. The van der Waals surface area contributed by atoms with Gasteiger partial charge in [-0.3, -0.25) is 9.78 Å². The first-order chi connectivity index (χ1) is 8.24. The van der Waals surface area contributed by atoms with Gasteiger partial charge in [-0.05, 0) is 30.2 Å². The van der Waals surface area contributed by atoms with Gasteiger partial charge in [0.15, 0.2) is 0 Å². The summed E-state index contributed by atoms with van der Waals surface area (Å²) in [6.45, 7) is 1.94. The van der Waals surface area contributed by atoms with Crippen LogP contribution in [-0.4, -0.2) is 10.8 Å². The minimum atomic E-state index is 0.238. The van der Waals surface area contributed by atoms with Crippen molar-refractivity contribution in [2.45, 2.75) is 19.8 Å². The topological polar surface area (TPSA) is 30.0 Å². The molecule has 0 saturated heterocycles. The van der Waals surface area contributed by atoms with E-state index in [1.165, 1.54) is 0 Å². The summed E-state index contributed by atoms with van der Waals surface area (Å²) in [6, 6.07) is 13.7. The van der Waals surface area contributed by atoms with Crippen LogP contribution in [0.15, 0.2) is 48.7 Å². The van der Waals surface area contributed by atoms with E-state index in [0.717, 1.165) is 16.8 Å². The molecule has 0 aliphatic heterocycles. The Bertz CT molecular complexity index is 505. The highest BCUT2D eigenvalue weighted by Crippen LogP contribution is 2.06. The second-order valence-corrected chi connectivity index (χ2v) is 4.18. The summed E-state index contributed by atoms with van der Waals surface area (Å²) in [5.41, 5.74) is 3.07. The van der Waals surface area contributed by atoms with Gasteiger partial charge in [0.05, 0.1) is 0 Å². The molecule has 1 aromatic heterocycles. The number of rotatable bonds is 4. The van der Waals surface area contributed by atoms with Gasteiger partial charge in [0.25, 0.3) is 0 Å². The van der Waals surface area contributed by atoms with E-state index in [1.54, 1.807) is 6.20 Å². The van der Waals surface area contributed by atoms with Crippen molar-refractivity contribution in [3.05, 3.63) is 65.5 Å². The van der Waals surface area contributed by atoms with Gasteiger partial charge in [0.2, 0.25) is 0 Å². The van der Waals surface area contributed by atoms with Gasteiger partial charge >= 0.3 is 0 Å². The second kappa shape index (κ2) is 5.39. The Balaban J connectivity index is 1.98. The SMILES string of the molecule is Cc1cc(CC(=O)Cc2ccccc2)ccn1. The molecule has 2 nitrogen and oxygen atoms in total. The molecule has 17 heavy (non-hydrogen) atoms. The van der Waals surface area contributed by atoms with E-state index in [1.807, 2.05) is 49.4 Å². The van der Waals surface area contributed by atoms with Crippen LogP contribution in [0, 0.1) is 6.92 Å². The van der Waals surface area contributed by atoms with Crippen molar-refractivity contribution in [2.75, 3.05) is 0 Å². The lowest BCUT2D eigenvalue weighted by molar-refractivity contribution is -0.117. The summed E-state index contributed by atoms with van der Waals surface area (Å²) >= 11 is 0. The van der Waals surface area contributed by atoms with Crippen molar-refractivity contribution < 1.29 is 4.79 Å². The third-order valence-corrected chi connectivity index (χ3v) is 2.61. The molecule has 0 bridgehead atoms. The van der Waals surface area contributed by atoms with E-state index in [-0.39, 0.29) is 5.78 Å². The van der Waals surface area contributed by atoms with Crippen molar-refractivity contribution in [2.24, 2.45) is 0 Å². The molecule has 0 atom stereocenters. The van der Waals surface area contributed by atoms with Crippen molar-refractivity contribution in [3.8, 4) is 0 Å². The van der Waals surface area contributed by atoms with Crippen LogP contribution in [0.1, 0.15) is 16.8 Å². The number of ketones is 1. The van der Waals surface area contributed by atoms with Gasteiger partial charge in [-0.25, -0.2) is 0 Å². The number of hydrogen-bond donors (Lipinski definition) is 0. The largest absolute Gasteiger partial charge is 0.299 e. The summed E-state index contributed by atoms with van der Waals surface area (Å²) < 4.78 is 0. The molecule has 2 heteroatoms. The summed E-state index contributed by atoms with van der Waals surface area (Å²) in [4.78, 5) is 16.0. The lowest BCUT2D eigenvalue weighted by Crippen LogP contribution is -2.06. The molecule has 0 fully saturated rings. The first-order valence-electron chi connectivity index (χ1n) is 5.71. The number of aryl methyl sites for hydroxylation is 1. The molecule has 0 spiro atoms. The third kappa shape index (κ3) is 3.52. The van der Waals surface area contributed by atoms with Crippen LogP contribution < -0.4 is 0 Å². The average molecular weight is 225 g/mol. The summed E-state index contributed by atoms with van der Waals surface area (Å²) in [7, 11) is 0. The molecule has 0 radical (unpaired) electrons. The fraction of sp³-hybridized carbons (Fsp3) is 0.200. The van der Waals surface area contributed by atoms with Gasteiger partial charge in [-0.1, -0.05) is 30.3 Å². The average Bonchev–Trinajstić information content (AvgIpc) is 2.30. The molecule has 0 N–H and O–H groups in total. The smallest absolute Gasteiger partial charge is 0.141 e. The van der Waals surface area contributed by atoms with Crippen LogP contribution in [-0.2, 0) is 17.6 Å². The van der Waals surface area contributed by atoms with Crippen LogP contribution in [0.4, 0.5) is 0 Å². The Hall–Kier alpha value is -1.96. The Kier molecular flexibility index (Phi) is 3.66. The number of nitrogens with zero attached hydrogens (tertiary/aromatic N) is 1. The first kappa shape index (κ1) is 11.5. The predicted octanol–water partition coefficient (Wildman–Crippen LogP) is 2.74. The Morgan fingerprint density at radius 3 is 2.47 bits per heavy atom. The van der Waals surface area contributed by atoms with Crippen molar-refractivity contribution in [1.82, 2.24) is 4.98 Å². The molecule has 1 heterocycles. The number of aromatic nitrogens is 1. The van der Waals surface area contributed by atoms with Crippen LogP contribution in [0.5, 0.6) is 0 Å². The molecule has 2 rings (SSSR count). The van der Waals surface area contributed by atoms with Gasteiger partial charge in [-0.2, -0.15) is 0 Å². The summed E-state index contributed by atoms with van der Waals surface area (Å²) in [5, 5.41) is 0. The molecule has 0 aliphatic rings. The Morgan fingerprint density at radius 2 is 1.76 bits per heavy atom. The number of hydrogen-bond acceptors (Lipinski definition) is 2. The quantitative estimate of drug-likeness (QED) is 0.800. The third-order valence-electron chi connectivity index (χ3n) is 2.61. The van der Waals surface area contributed by atoms with Gasteiger partial charge in [0, 0.05) is 24.7 Å².